The van der Waals surface area contributed by atoms with Gasteiger partial charge >= 0.3 is 5.97 Å². The number of hydrogen-bond acceptors (Lipinski definition) is 3. The summed E-state index contributed by atoms with van der Waals surface area (Å²) in [5, 5.41) is 12.9. The number of para-hydroxylation sites is 1. The monoisotopic (exact) mass is 334 g/mol. The van der Waals surface area contributed by atoms with Crippen LogP contribution in [-0.4, -0.2) is 22.0 Å². The molecule has 3 aromatic rings. The van der Waals surface area contributed by atoms with Crippen molar-refractivity contribution in [3.8, 4) is 0 Å². The topological polar surface area (TPSA) is 79.3 Å². The molecule has 5 nitrogen and oxygen atoms in total. The average Bonchev–Trinajstić information content (AvgIpc) is 2.62. The molecule has 0 aliphatic rings. The summed E-state index contributed by atoms with van der Waals surface area (Å²) in [5.41, 5.74) is 2.19. The Bertz CT molecular complexity index is 888. The van der Waals surface area contributed by atoms with Crippen LogP contribution < -0.4 is 5.32 Å². The van der Waals surface area contributed by atoms with E-state index in [9.17, 15) is 9.59 Å². The molecule has 0 bridgehead atoms. The molecule has 1 amide bonds. The van der Waals surface area contributed by atoms with Crippen molar-refractivity contribution in [3.63, 3.8) is 0 Å². The van der Waals surface area contributed by atoms with Gasteiger partial charge in [0, 0.05) is 23.9 Å². The minimum Gasteiger partial charge on any atom is -0.481 e. The number of benzene rings is 2. The molecule has 1 unspecified atom stereocenters. The number of carbonyl (C=O) groups excluding carboxylic acids is 1. The van der Waals surface area contributed by atoms with E-state index in [1.807, 2.05) is 54.6 Å². The smallest absolute Gasteiger partial charge is 0.303 e. The number of rotatable bonds is 6. The Hall–Kier alpha value is -3.21. The maximum absolute atomic E-state index is 12.5. The fraction of sp³-hybridized carbons (Fsp3) is 0.150. The maximum atomic E-state index is 12.5. The minimum absolute atomic E-state index is 0.0920. The van der Waals surface area contributed by atoms with Crippen LogP contribution in [0.3, 0.4) is 0 Å². The SMILES string of the molecule is O=C(O)CC(CC(=O)Nc1cccc2cccnc12)c1ccccc1. The second kappa shape index (κ2) is 7.57. The molecule has 1 aromatic heterocycles. The second-order valence-corrected chi connectivity index (χ2v) is 5.84. The molecule has 0 saturated heterocycles. The van der Waals surface area contributed by atoms with Gasteiger partial charge in [0.2, 0.25) is 5.91 Å². The van der Waals surface area contributed by atoms with Crippen molar-refractivity contribution in [2.45, 2.75) is 18.8 Å². The van der Waals surface area contributed by atoms with Crippen molar-refractivity contribution >= 4 is 28.5 Å². The molecule has 3 rings (SSSR count). The fourth-order valence-corrected chi connectivity index (χ4v) is 2.87. The van der Waals surface area contributed by atoms with Crippen LogP contribution in [0.4, 0.5) is 5.69 Å². The Kier molecular flexibility index (Phi) is 5.04. The quantitative estimate of drug-likeness (QED) is 0.718. The summed E-state index contributed by atoms with van der Waals surface area (Å²) in [6, 6.07) is 18.6. The first-order chi connectivity index (χ1) is 12.1. The van der Waals surface area contributed by atoms with Crippen LogP contribution in [0.15, 0.2) is 66.9 Å². The first-order valence-corrected chi connectivity index (χ1v) is 8.04. The number of nitrogens with one attached hydrogen (secondary N) is 1. The van der Waals surface area contributed by atoms with E-state index in [2.05, 4.69) is 10.3 Å². The number of fused-ring (bicyclic) bond motifs is 1. The highest BCUT2D eigenvalue weighted by molar-refractivity contribution is 6.00. The number of nitrogens with zero attached hydrogens (tertiary/aromatic N) is 1. The molecule has 0 radical (unpaired) electrons. The lowest BCUT2D eigenvalue weighted by atomic mass is 9.92. The number of carboxylic acid groups (broad SMARTS) is 1. The largest absolute Gasteiger partial charge is 0.481 e. The van der Waals surface area contributed by atoms with Gasteiger partial charge in [-0.1, -0.05) is 48.5 Å². The minimum atomic E-state index is -0.923. The maximum Gasteiger partial charge on any atom is 0.303 e. The van der Waals surface area contributed by atoms with E-state index in [0.717, 1.165) is 10.9 Å². The molecule has 0 aliphatic carbocycles. The number of anilines is 1. The van der Waals surface area contributed by atoms with E-state index >= 15 is 0 Å². The van der Waals surface area contributed by atoms with Crippen LogP contribution >= 0.6 is 0 Å². The van der Waals surface area contributed by atoms with E-state index in [1.54, 1.807) is 12.3 Å². The summed E-state index contributed by atoms with van der Waals surface area (Å²) in [4.78, 5) is 28.0. The van der Waals surface area contributed by atoms with Gasteiger partial charge in [-0.15, -0.1) is 0 Å². The van der Waals surface area contributed by atoms with Gasteiger partial charge in [0.05, 0.1) is 17.6 Å². The van der Waals surface area contributed by atoms with Gasteiger partial charge in [0.25, 0.3) is 0 Å². The third-order valence-corrected chi connectivity index (χ3v) is 4.03. The van der Waals surface area contributed by atoms with Crippen molar-refractivity contribution in [1.82, 2.24) is 4.98 Å². The lowest BCUT2D eigenvalue weighted by Crippen LogP contribution is -2.18. The normalized spacial score (nSPS) is 11.8. The van der Waals surface area contributed by atoms with Crippen LogP contribution in [0.25, 0.3) is 10.9 Å². The lowest BCUT2D eigenvalue weighted by molar-refractivity contribution is -0.137. The van der Waals surface area contributed by atoms with Crippen molar-refractivity contribution in [3.05, 3.63) is 72.4 Å². The molecule has 2 aromatic carbocycles. The van der Waals surface area contributed by atoms with Crippen LogP contribution in [0, 0.1) is 0 Å². The van der Waals surface area contributed by atoms with Crippen LogP contribution in [0.2, 0.25) is 0 Å². The average molecular weight is 334 g/mol. The van der Waals surface area contributed by atoms with Crippen molar-refractivity contribution in [2.24, 2.45) is 0 Å². The second-order valence-electron chi connectivity index (χ2n) is 5.84. The van der Waals surface area contributed by atoms with Crippen LogP contribution in [0.1, 0.15) is 24.3 Å². The van der Waals surface area contributed by atoms with Gasteiger partial charge in [-0.25, -0.2) is 0 Å². The highest BCUT2D eigenvalue weighted by Crippen LogP contribution is 2.25. The highest BCUT2D eigenvalue weighted by Gasteiger charge is 2.19. The summed E-state index contributed by atoms with van der Waals surface area (Å²) in [5.74, 6) is -1.52. The number of carbonyl (C=O) groups is 2. The van der Waals surface area contributed by atoms with Gasteiger partial charge in [-0.3, -0.25) is 14.6 Å². The Labute approximate surface area is 145 Å². The molecule has 25 heavy (non-hydrogen) atoms. The first-order valence-electron chi connectivity index (χ1n) is 8.04. The molecule has 1 atom stereocenters. The number of amides is 1. The molecule has 1 heterocycles. The molecule has 2 N–H and O–H groups in total. The Morgan fingerprint density at radius 2 is 1.72 bits per heavy atom. The third-order valence-electron chi connectivity index (χ3n) is 4.03. The molecular weight excluding hydrogens is 316 g/mol. The summed E-state index contributed by atoms with van der Waals surface area (Å²) >= 11 is 0. The number of pyridine rings is 1. The van der Waals surface area contributed by atoms with Gasteiger partial charge in [0.15, 0.2) is 0 Å². The number of hydrogen-bond donors (Lipinski definition) is 2. The molecule has 5 heteroatoms. The Balaban J connectivity index is 1.78. The third kappa shape index (κ3) is 4.20. The van der Waals surface area contributed by atoms with Gasteiger partial charge in [0.1, 0.15) is 0 Å². The summed E-state index contributed by atoms with van der Waals surface area (Å²) in [6.45, 7) is 0. The first kappa shape index (κ1) is 16.6. The fourth-order valence-electron chi connectivity index (χ4n) is 2.87. The zero-order valence-corrected chi connectivity index (χ0v) is 13.6. The predicted octanol–water partition coefficient (Wildman–Crippen LogP) is 3.82. The molecular formula is C20H18N2O3. The summed E-state index contributed by atoms with van der Waals surface area (Å²) in [7, 11) is 0. The van der Waals surface area contributed by atoms with Gasteiger partial charge in [-0.05, 0) is 17.7 Å². The van der Waals surface area contributed by atoms with E-state index in [-0.39, 0.29) is 24.7 Å². The zero-order chi connectivity index (χ0) is 17.6. The lowest BCUT2D eigenvalue weighted by Gasteiger charge is -2.15. The Morgan fingerprint density at radius 3 is 2.48 bits per heavy atom. The molecule has 0 spiro atoms. The van der Waals surface area contributed by atoms with Gasteiger partial charge in [-0.2, -0.15) is 0 Å². The van der Waals surface area contributed by atoms with Crippen LogP contribution in [0.5, 0.6) is 0 Å². The van der Waals surface area contributed by atoms with Crippen molar-refractivity contribution < 1.29 is 14.7 Å². The standard InChI is InChI=1S/C20H18N2O3/c23-18(12-16(13-19(24)25)14-6-2-1-3-7-14)22-17-10-4-8-15-9-5-11-21-20(15)17/h1-11,16H,12-13H2,(H,22,23)(H,24,25). The highest BCUT2D eigenvalue weighted by atomic mass is 16.4. The van der Waals surface area contributed by atoms with E-state index in [4.69, 9.17) is 5.11 Å². The Morgan fingerprint density at radius 1 is 0.960 bits per heavy atom. The predicted molar refractivity (Wildman–Crippen MR) is 96.4 cm³/mol. The van der Waals surface area contributed by atoms with Crippen molar-refractivity contribution in [2.75, 3.05) is 5.32 Å². The summed E-state index contributed by atoms with van der Waals surface area (Å²) < 4.78 is 0. The summed E-state index contributed by atoms with van der Waals surface area (Å²) in [6.07, 6.45) is 1.68. The van der Waals surface area contributed by atoms with E-state index in [1.165, 1.54) is 0 Å². The number of carboxylic acids is 1. The molecule has 126 valence electrons. The van der Waals surface area contributed by atoms with E-state index < -0.39 is 5.97 Å². The van der Waals surface area contributed by atoms with Crippen molar-refractivity contribution in [1.29, 1.82) is 0 Å². The van der Waals surface area contributed by atoms with Gasteiger partial charge < -0.3 is 10.4 Å². The van der Waals surface area contributed by atoms with Crippen LogP contribution in [-0.2, 0) is 9.59 Å². The zero-order valence-electron chi connectivity index (χ0n) is 13.6. The molecule has 0 saturated carbocycles. The molecule has 0 aliphatic heterocycles. The molecule has 0 fully saturated rings. The number of aromatic nitrogens is 1. The number of aliphatic carboxylic acids is 1. The van der Waals surface area contributed by atoms with E-state index in [0.29, 0.717) is 11.2 Å².